The zero-order valence-corrected chi connectivity index (χ0v) is 16.5. The normalized spacial score (nSPS) is 11.6. The fourth-order valence-electron chi connectivity index (χ4n) is 2.40. The van der Waals surface area contributed by atoms with Crippen molar-refractivity contribution in [3.05, 3.63) is 41.1 Å². The molecule has 154 valence electrons. The molecule has 0 radical (unpaired) electrons. The van der Waals surface area contributed by atoms with Gasteiger partial charge in [-0.15, -0.1) is 0 Å². The standard InChI is InChI=1S/C19H26F2N4O3/c1-5-22-19(24-11-17-25-12(3)13(4)27-17)23-10-14-7-8-15(28-18(20)21)16(9-14)26-6-2/h7-9,18H,5-6,10-11H2,1-4H3,(H2,22,23,24). The maximum Gasteiger partial charge on any atom is 0.387 e. The van der Waals surface area contributed by atoms with E-state index in [1.807, 2.05) is 20.8 Å². The minimum atomic E-state index is -2.91. The van der Waals surface area contributed by atoms with E-state index in [-0.39, 0.29) is 11.5 Å². The summed E-state index contributed by atoms with van der Waals surface area (Å²) in [5, 5.41) is 6.29. The van der Waals surface area contributed by atoms with Crippen molar-refractivity contribution in [3.63, 3.8) is 0 Å². The summed E-state index contributed by atoms with van der Waals surface area (Å²) in [4.78, 5) is 8.82. The van der Waals surface area contributed by atoms with Gasteiger partial charge >= 0.3 is 6.61 Å². The minimum absolute atomic E-state index is 0.00393. The van der Waals surface area contributed by atoms with E-state index in [4.69, 9.17) is 9.15 Å². The minimum Gasteiger partial charge on any atom is -0.490 e. The van der Waals surface area contributed by atoms with Gasteiger partial charge in [-0.2, -0.15) is 8.78 Å². The molecule has 0 aliphatic rings. The maximum atomic E-state index is 12.5. The molecule has 2 rings (SSSR count). The summed E-state index contributed by atoms with van der Waals surface area (Å²) in [5.74, 6) is 2.21. The molecular formula is C19H26F2N4O3. The largest absolute Gasteiger partial charge is 0.490 e. The zero-order chi connectivity index (χ0) is 20.5. The Kier molecular flexibility index (Phi) is 8.03. The molecule has 2 aromatic rings. The van der Waals surface area contributed by atoms with Crippen LogP contribution in [0.2, 0.25) is 0 Å². The van der Waals surface area contributed by atoms with Crippen LogP contribution in [0, 0.1) is 13.8 Å². The van der Waals surface area contributed by atoms with Crippen molar-refractivity contribution in [2.45, 2.75) is 47.4 Å². The van der Waals surface area contributed by atoms with Crippen LogP contribution in [-0.4, -0.2) is 30.7 Å². The predicted molar refractivity (Wildman–Crippen MR) is 102 cm³/mol. The molecule has 7 nitrogen and oxygen atoms in total. The van der Waals surface area contributed by atoms with Gasteiger partial charge in [0.15, 0.2) is 17.5 Å². The summed E-state index contributed by atoms with van der Waals surface area (Å²) in [5.41, 5.74) is 1.65. The van der Waals surface area contributed by atoms with Crippen LogP contribution in [0.25, 0.3) is 0 Å². The Morgan fingerprint density at radius 1 is 1.21 bits per heavy atom. The van der Waals surface area contributed by atoms with E-state index in [2.05, 4.69) is 25.3 Å². The van der Waals surface area contributed by atoms with Crippen LogP contribution in [-0.2, 0) is 13.1 Å². The van der Waals surface area contributed by atoms with Gasteiger partial charge in [0.25, 0.3) is 0 Å². The first kappa shape index (κ1) is 21.5. The number of aromatic nitrogens is 1. The van der Waals surface area contributed by atoms with Crippen LogP contribution in [0.15, 0.2) is 27.6 Å². The number of rotatable bonds is 9. The van der Waals surface area contributed by atoms with Gasteiger partial charge < -0.3 is 24.5 Å². The Hall–Kier alpha value is -2.84. The molecule has 0 bridgehead atoms. The summed E-state index contributed by atoms with van der Waals surface area (Å²) >= 11 is 0. The number of nitrogens with one attached hydrogen (secondary N) is 2. The number of guanidine groups is 1. The van der Waals surface area contributed by atoms with Crippen LogP contribution < -0.4 is 20.1 Å². The number of hydrogen-bond donors (Lipinski definition) is 2. The average molecular weight is 396 g/mol. The first-order valence-electron chi connectivity index (χ1n) is 9.08. The topological polar surface area (TPSA) is 80.9 Å². The second-order valence-electron chi connectivity index (χ2n) is 5.89. The number of ether oxygens (including phenoxy) is 2. The zero-order valence-electron chi connectivity index (χ0n) is 16.5. The highest BCUT2D eigenvalue weighted by atomic mass is 19.3. The van der Waals surface area contributed by atoms with Crippen LogP contribution in [0.1, 0.15) is 36.8 Å². The lowest BCUT2D eigenvalue weighted by Gasteiger charge is -2.13. The van der Waals surface area contributed by atoms with Gasteiger partial charge in [-0.05, 0) is 45.4 Å². The molecule has 1 aromatic heterocycles. The van der Waals surface area contributed by atoms with Crippen LogP contribution in [0.3, 0.4) is 0 Å². The van der Waals surface area contributed by atoms with Crippen molar-refractivity contribution in [1.82, 2.24) is 15.6 Å². The Balaban J connectivity index is 2.07. The Bertz CT molecular complexity index is 774. The molecule has 0 spiro atoms. The fourth-order valence-corrected chi connectivity index (χ4v) is 2.40. The van der Waals surface area contributed by atoms with Gasteiger partial charge in [-0.1, -0.05) is 6.07 Å². The number of aliphatic imine (C=N–C) groups is 1. The monoisotopic (exact) mass is 396 g/mol. The molecule has 0 aliphatic heterocycles. The highest BCUT2D eigenvalue weighted by Crippen LogP contribution is 2.30. The summed E-state index contributed by atoms with van der Waals surface area (Å²) in [6.07, 6.45) is 0. The molecular weight excluding hydrogens is 370 g/mol. The van der Waals surface area contributed by atoms with Crippen molar-refractivity contribution >= 4 is 5.96 Å². The molecule has 0 amide bonds. The Morgan fingerprint density at radius 3 is 2.61 bits per heavy atom. The third-order valence-corrected chi connectivity index (χ3v) is 3.77. The number of aryl methyl sites for hydroxylation is 2. The van der Waals surface area contributed by atoms with E-state index in [0.717, 1.165) is 17.0 Å². The van der Waals surface area contributed by atoms with E-state index in [9.17, 15) is 8.78 Å². The summed E-state index contributed by atoms with van der Waals surface area (Å²) < 4.78 is 40.4. The second kappa shape index (κ2) is 10.5. The highest BCUT2D eigenvalue weighted by molar-refractivity contribution is 5.79. The third kappa shape index (κ3) is 6.40. The molecule has 0 fully saturated rings. The second-order valence-corrected chi connectivity index (χ2v) is 5.89. The van der Waals surface area contributed by atoms with Gasteiger partial charge in [0.05, 0.1) is 25.4 Å². The van der Waals surface area contributed by atoms with E-state index < -0.39 is 6.61 Å². The lowest BCUT2D eigenvalue weighted by molar-refractivity contribution is -0.0514. The van der Waals surface area contributed by atoms with Gasteiger partial charge in [0, 0.05) is 6.54 Å². The van der Waals surface area contributed by atoms with Crippen LogP contribution in [0.5, 0.6) is 11.5 Å². The number of alkyl halides is 2. The third-order valence-electron chi connectivity index (χ3n) is 3.77. The van der Waals surface area contributed by atoms with Gasteiger partial charge in [-0.25, -0.2) is 9.98 Å². The lowest BCUT2D eigenvalue weighted by Crippen LogP contribution is -2.36. The Morgan fingerprint density at radius 2 is 2.00 bits per heavy atom. The van der Waals surface area contributed by atoms with Crippen molar-refractivity contribution in [1.29, 1.82) is 0 Å². The van der Waals surface area contributed by atoms with Crippen LogP contribution >= 0.6 is 0 Å². The van der Waals surface area contributed by atoms with E-state index in [1.165, 1.54) is 6.07 Å². The highest BCUT2D eigenvalue weighted by Gasteiger charge is 2.12. The van der Waals surface area contributed by atoms with E-state index >= 15 is 0 Å². The Labute approximate surface area is 163 Å². The molecule has 0 aliphatic carbocycles. The van der Waals surface area contributed by atoms with E-state index in [1.54, 1.807) is 19.1 Å². The molecule has 1 aromatic carbocycles. The fraction of sp³-hybridized carbons (Fsp3) is 0.474. The number of benzene rings is 1. The van der Waals surface area contributed by atoms with Gasteiger partial charge in [-0.3, -0.25) is 0 Å². The predicted octanol–water partition coefficient (Wildman–Crippen LogP) is 3.55. The first-order chi connectivity index (χ1) is 13.4. The molecule has 0 saturated carbocycles. The number of halogens is 2. The summed E-state index contributed by atoms with van der Waals surface area (Å²) in [7, 11) is 0. The van der Waals surface area contributed by atoms with Crippen LogP contribution in [0.4, 0.5) is 8.78 Å². The molecule has 28 heavy (non-hydrogen) atoms. The molecule has 0 saturated heterocycles. The smallest absolute Gasteiger partial charge is 0.387 e. The number of nitrogens with zero attached hydrogens (tertiary/aromatic N) is 2. The molecule has 0 atom stereocenters. The number of oxazole rings is 1. The van der Waals surface area contributed by atoms with Crippen molar-refractivity contribution < 1.29 is 22.7 Å². The van der Waals surface area contributed by atoms with Crippen molar-refractivity contribution in [3.8, 4) is 11.5 Å². The molecule has 2 N–H and O–H groups in total. The first-order valence-corrected chi connectivity index (χ1v) is 9.08. The summed E-state index contributed by atoms with van der Waals surface area (Å²) in [6.45, 7) is 6.32. The number of hydrogen-bond acceptors (Lipinski definition) is 5. The van der Waals surface area contributed by atoms with Crippen molar-refractivity contribution in [2.75, 3.05) is 13.2 Å². The molecule has 1 heterocycles. The quantitative estimate of drug-likeness (QED) is 0.498. The maximum absolute atomic E-state index is 12.5. The van der Waals surface area contributed by atoms with Gasteiger partial charge in [0.2, 0.25) is 5.89 Å². The summed E-state index contributed by atoms with van der Waals surface area (Å²) in [6, 6.07) is 4.78. The average Bonchev–Trinajstić information content (AvgIpc) is 2.97. The lowest BCUT2D eigenvalue weighted by atomic mass is 10.2. The molecule has 0 unspecified atom stereocenters. The molecule has 9 heteroatoms. The van der Waals surface area contributed by atoms with Gasteiger partial charge in [0.1, 0.15) is 5.76 Å². The van der Waals surface area contributed by atoms with E-state index in [0.29, 0.717) is 38.1 Å². The SMILES string of the molecule is CCNC(=NCc1ccc(OC(F)F)c(OCC)c1)NCc1nc(C)c(C)o1. The van der Waals surface area contributed by atoms with Crippen molar-refractivity contribution in [2.24, 2.45) is 4.99 Å².